The fraction of sp³-hybridized carbons (Fsp3) is 0.571. The van der Waals surface area contributed by atoms with Gasteiger partial charge >= 0.3 is 0 Å². The Morgan fingerprint density at radius 2 is 2.07 bits per heavy atom. The van der Waals surface area contributed by atoms with Crippen molar-refractivity contribution in [3.63, 3.8) is 0 Å². The van der Waals surface area contributed by atoms with Crippen LogP contribution in [-0.2, 0) is 4.74 Å². The Kier molecular flexibility index (Phi) is 6.48. The van der Waals surface area contributed by atoms with Gasteiger partial charge in [0.15, 0.2) is 0 Å². The predicted molar refractivity (Wildman–Crippen MR) is 116 cm³/mol. The summed E-state index contributed by atoms with van der Waals surface area (Å²) in [7, 11) is 0. The fourth-order valence-electron chi connectivity index (χ4n) is 3.40. The highest BCUT2D eigenvalue weighted by Gasteiger charge is 2.29. The van der Waals surface area contributed by atoms with Gasteiger partial charge < -0.3 is 20.1 Å². The van der Waals surface area contributed by atoms with E-state index in [1.165, 1.54) is 0 Å². The summed E-state index contributed by atoms with van der Waals surface area (Å²) in [6, 6.07) is 6.16. The maximum atomic E-state index is 12.8. The zero-order valence-electron chi connectivity index (χ0n) is 16.2. The molecular weight excluding hydrogens is 455 g/mol. The van der Waals surface area contributed by atoms with Crippen LogP contribution in [0.2, 0.25) is 0 Å². The molecule has 3 rings (SSSR count). The largest absolute Gasteiger partial charge is 0.388 e. The summed E-state index contributed by atoms with van der Waals surface area (Å²) in [5.74, 6) is 0.139. The van der Waals surface area contributed by atoms with Crippen molar-refractivity contribution in [1.82, 2.24) is 10.3 Å². The van der Waals surface area contributed by atoms with Gasteiger partial charge in [-0.25, -0.2) is 0 Å². The predicted octanol–water partition coefficient (Wildman–Crippen LogP) is 4.24. The lowest BCUT2D eigenvalue weighted by Gasteiger charge is -2.33. The maximum Gasteiger partial charge on any atom is 0.253 e. The molecule has 1 aliphatic rings. The molecule has 2 aromatic rings. The van der Waals surface area contributed by atoms with E-state index in [0.717, 1.165) is 40.2 Å². The van der Waals surface area contributed by atoms with Crippen molar-refractivity contribution < 1.29 is 14.6 Å². The van der Waals surface area contributed by atoms with Crippen molar-refractivity contribution >= 4 is 39.4 Å². The second-order valence-corrected chi connectivity index (χ2v) is 9.41. The van der Waals surface area contributed by atoms with E-state index in [4.69, 9.17) is 4.74 Å². The number of nitrogens with one attached hydrogen (secondary N) is 2. The topological polar surface area (TPSA) is 74.3 Å². The zero-order chi connectivity index (χ0) is 19.6. The molecule has 6 heteroatoms. The van der Waals surface area contributed by atoms with Gasteiger partial charge in [-0.1, -0.05) is 13.8 Å². The molecule has 1 fully saturated rings. The SMILES string of the molecule is CC(C)C(C)(O)COC1CCC(NC(=O)c2cc(I)cc3cc[nH]c23)CC1. The molecule has 1 saturated carbocycles. The normalized spacial score (nSPS) is 22.7. The lowest BCUT2D eigenvalue weighted by Crippen LogP contribution is -2.42. The van der Waals surface area contributed by atoms with E-state index in [0.29, 0.717) is 12.2 Å². The van der Waals surface area contributed by atoms with Gasteiger partial charge in [0, 0.05) is 21.2 Å². The number of rotatable bonds is 6. The summed E-state index contributed by atoms with van der Waals surface area (Å²) >= 11 is 2.25. The van der Waals surface area contributed by atoms with E-state index < -0.39 is 5.60 Å². The minimum Gasteiger partial charge on any atom is -0.388 e. The maximum absolute atomic E-state index is 12.8. The molecule has 1 aliphatic carbocycles. The van der Waals surface area contributed by atoms with Gasteiger partial charge in [0.2, 0.25) is 0 Å². The minimum atomic E-state index is -0.795. The van der Waals surface area contributed by atoms with Crippen LogP contribution in [0.25, 0.3) is 10.9 Å². The third-order valence-corrected chi connectivity index (χ3v) is 6.36. The second-order valence-electron chi connectivity index (χ2n) is 8.17. The Balaban J connectivity index is 1.53. The number of aliphatic hydroxyl groups is 1. The standard InChI is InChI=1S/C21H29IN2O3/c1-13(2)21(3,26)12-27-17-6-4-16(5-7-17)24-20(25)18-11-15(22)10-14-8-9-23-19(14)18/h8-11,13,16-17,23,26H,4-7,12H2,1-3H3,(H,24,25). The Hall–Kier alpha value is -1.12. The Bertz CT molecular complexity index is 792. The average Bonchev–Trinajstić information content (AvgIpc) is 3.08. The summed E-state index contributed by atoms with van der Waals surface area (Å²) in [5, 5.41) is 14.6. The van der Waals surface area contributed by atoms with E-state index in [1.807, 2.05) is 39.1 Å². The van der Waals surface area contributed by atoms with Crippen LogP contribution in [0, 0.1) is 9.49 Å². The number of carbonyl (C=O) groups is 1. The van der Waals surface area contributed by atoms with Gasteiger partial charge in [0.05, 0.1) is 29.4 Å². The first-order chi connectivity index (χ1) is 12.8. The van der Waals surface area contributed by atoms with Crippen LogP contribution in [0.3, 0.4) is 0 Å². The third kappa shape index (κ3) is 5.03. The number of aromatic amines is 1. The number of aromatic nitrogens is 1. The van der Waals surface area contributed by atoms with E-state index in [2.05, 4.69) is 39.0 Å². The second kappa shape index (κ2) is 8.49. The highest BCUT2D eigenvalue weighted by Crippen LogP contribution is 2.26. The highest BCUT2D eigenvalue weighted by molar-refractivity contribution is 14.1. The van der Waals surface area contributed by atoms with E-state index in [9.17, 15) is 9.90 Å². The van der Waals surface area contributed by atoms with Gasteiger partial charge in [-0.3, -0.25) is 4.79 Å². The molecule has 0 saturated heterocycles. The van der Waals surface area contributed by atoms with E-state index >= 15 is 0 Å². The number of carbonyl (C=O) groups excluding carboxylic acids is 1. The van der Waals surface area contributed by atoms with E-state index in [1.54, 1.807) is 0 Å². The molecule has 0 aliphatic heterocycles. The first-order valence-electron chi connectivity index (χ1n) is 9.68. The zero-order valence-corrected chi connectivity index (χ0v) is 18.4. The van der Waals surface area contributed by atoms with Crippen molar-refractivity contribution in [1.29, 1.82) is 0 Å². The van der Waals surface area contributed by atoms with Crippen molar-refractivity contribution in [3.05, 3.63) is 33.5 Å². The smallest absolute Gasteiger partial charge is 0.253 e. The molecule has 1 aromatic heterocycles. The molecular formula is C21H29IN2O3. The van der Waals surface area contributed by atoms with Gasteiger partial charge in [0.1, 0.15) is 0 Å². The molecule has 148 valence electrons. The van der Waals surface area contributed by atoms with Crippen LogP contribution in [0.15, 0.2) is 24.4 Å². The quantitative estimate of drug-likeness (QED) is 0.538. The summed E-state index contributed by atoms with van der Waals surface area (Å²) < 4.78 is 7.00. The van der Waals surface area contributed by atoms with Gasteiger partial charge in [-0.15, -0.1) is 0 Å². The summed E-state index contributed by atoms with van der Waals surface area (Å²) in [6.07, 6.45) is 5.64. The molecule has 1 amide bonds. The number of fused-ring (bicyclic) bond motifs is 1. The van der Waals surface area contributed by atoms with Crippen LogP contribution >= 0.6 is 22.6 Å². The number of H-pyrrole nitrogens is 1. The van der Waals surface area contributed by atoms with Crippen molar-refractivity contribution in [2.75, 3.05) is 6.61 Å². The lowest BCUT2D eigenvalue weighted by molar-refractivity contribution is -0.0941. The molecule has 1 heterocycles. The number of hydrogen-bond acceptors (Lipinski definition) is 3. The molecule has 0 bridgehead atoms. The highest BCUT2D eigenvalue weighted by atomic mass is 127. The molecule has 0 spiro atoms. The minimum absolute atomic E-state index is 0.0203. The first kappa shape index (κ1) is 20.6. The van der Waals surface area contributed by atoms with Gasteiger partial charge in [-0.2, -0.15) is 0 Å². The van der Waals surface area contributed by atoms with Gasteiger partial charge in [-0.05, 0) is 79.3 Å². The monoisotopic (exact) mass is 484 g/mol. The van der Waals surface area contributed by atoms with Crippen LogP contribution in [0.4, 0.5) is 0 Å². The van der Waals surface area contributed by atoms with E-state index in [-0.39, 0.29) is 24.0 Å². The van der Waals surface area contributed by atoms with Gasteiger partial charge in [0.25, 0.3) is 5.91 Å². The first-order valence-corrected chi connectivity index (χ1v) is 10.8. The molecule has 1 aromatic carbocycles. The average molecular weight is 484 g/mol. The number of benzene rings is 1. The summed E-state index contributed by atoms with van der Waals surface area (Å²) in [4.78, 5) is 16.0. The molecule has 1 unspecified atom stereocenters. The number of ether oxygens (including phenoxy) is 1. The van der Waals surface area contributed by atoms with Crippen LogP contribution < -0.4 is 5.32 Å². The Labute approximate surface area is 174 Å². The molecule has 0 radical (unpaired) electrons. The number of hydrogen-bond donors (Lipinski definition) is 3. The Morgan fingerprint density at radius 3 is 2.74 bits per heavy atom. The van der Waals surface area contributed by atoms with Crippen molar-refractivity contribution in [3.8, 4) is 0 Å². The summed E-state index contributed by atoms with van der Waals surface area (Å²) in [6.45, 7) is 6.19. The molecule has 27 heavy (non-hydrogen) atoms. The van der Waals surface area contributed by atoms with Crippen LogP contribution in [0.1, 0.15) is 56.8 Å². The van der Waals surface area contributed by atoms with Crippen molar-refractivity contribution in [2.45, 2.75) is 64.2 Å². The number of halogens is 1. The molecule has 1 atom stereocenters. The van der Waals surface area contributed by atoms with Crippen LogP contribution in [0.5, 0.6) is 0 Å². The fourth-order valence-corrected chi connectivity index (χ4v) is 4.05. The molecule has 3 N–H and O–H groups in total. The lowest BCUT2D eigenvalue weighted by atomic mass is 9.91. The Morgan fingerprint density at radius 1 is 1.37 bits per heavy atom. The number of amides is 1. The molecule has 5 nitrogen and oxygen atoms in total. The van der Waals surface area contributed by atoms with Crippen LogP contribution in [-0.4, -0.2) is 40.4 Å². The van der Waals surface area contributed by atoms with Crippen molar-refractivity contribution in [2.24, 2.45) is 5.92 Å². The summed E-state index contributed by atoms with van der Waals surface area (Å²) in [5.41, 5.74) is 0.797. The third-order valence-electron chi connectivity index (χ3n) is 5.73.